The molecule has 2 aromatic rings. The van der Waals surface area contributed by atoms with Crippen molar-refractivity contribution in [3.8, 4) is 0 Å². The third kappa shape index (κ3) is 1.99. The second kappa shape index (κ2) is 4.79. The lowest BCUT2D eigenvalue weighted by molar-refractivity contribution is 0.0925. The zero-order chi connectivity index (χ0) is 14.4. The topological polar surface area (TPSA) is 50.3 Å². The zero-order valence-electron chi connectivity index (χ0n) is 10.4. The summed E-state index contributed by atoms with van der Waals surface area (Å²) in [6.45, 7) is 1.88. The predicted molar refractivity (Wildman–Crippen MR) is 82.0 cm³/mol. The minimum Gasteiger partial charge on any atom is -0.268 e. The van der Waals surface area contributed by atoms with E-state index in [4.69, 9.17) is 0 Å². The van der Waals surface area contributed by atoms with Gasteiger partial charge in [-0.25, -0.2) is 9.88 Å². The maximum Gasteiger partial charge on any atom is 0.267 e. The number of benzene rings is 1. The first-order chi connectivity index (χ1) is 9.49. The Labute approximate surface area is 132 Å². The number of hydrogen-bond acceptors (Lipinski definition) is 3. The lowest BCUT2D eigenvalue weighted by atomic mass is 10.1. The van der Waals surface area contributed by atoms with Gasteiger partial charge in [0.05, 0.1) is 11.1 Å². The molecule has 3 rings (SSSR count). The fourth-order valence-corrected chi connectivity index (χ4v) is 2.65. The highest BCUT2D eigenvalue weighted by Gasteiger charge is 2.37. The summed E-state index contributed by atoms with van der Waals surface area (Å²) in [6, 6.07) is 6.75. The quantitative estimate of drug-likeness (QED) is 0.691. The number of fused-ring (bicyclic) bond motifs is 1. The lowest BCUT2D eigenvalue weighted by Gasteiger charge is -2.13. The number of pyridine rings is 1. The molecule has 1 aliphatic rings. The molecule has 0 spiro atoms. The number of imide groups is 1. The molecule has 0 atom stereocenters. The Morgan fingerprint density at radius 2 is 1.75 bits per heavy atom. The Kier molecular flexibility index (Phi) is 3.22. The molecule has 1 aromatic heterocycles. The van der Waals surface area contributed by atoms with Crippen LogP contribution in [0.5, 0.6) is 0 Å². The SMILES string of the molecule is Cc1cc(N2C(=O)c3ccc(Br)cc3C2=O)ncc1Br. The highest BCUT2D eigenvalue weighted by atomic mass is 79.9. The van der Waals surface area contributed by atoms with Gasteiger partial charge < -0.3 is 0 Å². The summed E-state index contributed by atoms with van der Waals surface area (Å²) in [4.78, 5) is 30.0. The summed E-state index contributed by atoms with van der Waals surface area (Å²) in [7, 11) is 0. The molecule has 0 unspecified atom stereocenters. The minimum atomic E-state index is -0.347. The number of carbonyl (C=O) groups is 2. The highest BCUT2D eigenvalue weighted by Crippen LogP contribution is 2.30. The molecular weight excluding hydrogens is 388 g/mol. The predicted octanol–water partition coefficient (Wildman–Crippen LogP) is 3.72. The average molecular weight is 396 g/mol. The molecule has 6 heteroatoms. The highest BCUT2D eigenvalue weighted by molar-refractivity contribution is 9.10. The Hall–Kier alpha value is -1.53. The Morgan fingerprint density at radius 3 is 2.45 bits per heavy atom. The van der Waals surface area contributed by atoms with E-state index < -0.39 is 0 Å². The molecule has 1 aliphatic heterocycles. The molecule has 0 N–H and O–H groups in total. The zero-order valence-corrected chi connectivity index (χ0v) is 13.5. The van der Waals surface area contributed by atoms with Gasteiger partial charge in [-0.15, -0.1) is 0 Å². The Balaban J connectivity index is 2.11. The minimum absolute atomic E-state index is 0.341. The van der Waals surface area contributed by atoms with Crippen molar-refractivity contribution >= 4 is 49.5 Å². The fourth-order valence-electron chi connectivity index (χ4n) is 2.07. The molecule has 0 bridgehead atoms. The standard InChI is InChI=1S/C14H8Br2N2O2/c1-7-4-12(17-6-11(7)16)18-13(19)9-3-2-8(15)5-10(9)14(18)20/h2-6H,1H3. The van der Waals surface area contributed by atoms with Gasteiger partial charge in [-0.1, -0.05) is 15.9 Å². The number of amides is 2. The van der Waals surface area contributed by atoms with Crippen molar-refractivity contribution in [2.75, 3.05) is 4.90 Å². The van der Waals surface area contributed by atoms with E-state index in [-0.39, 0.29) is 11.8 Å². The van der Waals surface area contributed by atoms with E-state index in [9.17, 15) is 9.59 Å². The van der Waals surface area contributed by atoms with E-state index in [2.05, 4.69) is 36.8 Å². The van der Waals surface area contributed by atoms with Crippen LogP contribution in [0.4, 0.5) is 5.82 Å². The molecular formula is C14H8Br2N2O2. The number of hydrogen-bond donors (Lipinski definition) is 0. The molecule has 2 amide bonds. The first-order valence-corrected chi connectivity index (χ1v) is 7.38. The van der Waals surface area contributed by atoms with E-state index in [1.165, 1.54) is 0 Å². The van der Waals surface area contributed by atoms with Crippen molar-refractivity contribution in [3.63, 3.8) is 0 Å². The molecule has 1 aromatic carbocycles. The van der Waals surface area contributed by atoms with Crippen molar-refractivity contribution in [3.05, 3.63) is 56.1 Å². The van der Waals surface area contributed by atoms with Crippen LogP contribution in [0.3, 0.4) is 0 Å². The summed E-state index contributed by atoms with van der Waals surface area (Å²) >= 11 is 6.65. The number of rotatable bonds is 1. The van der Waals surface area contributed by atoms with Crippen LogP contribution in [0.25, 0.3) is 0 Å². The van der Waals surface area contributed by atoms with Crippen molar-refractivity contribution in [1.82, 2.24) is 4.98 Å². The number of aromatic nitrogens is 1. The van der Waals surface area contributed by atoms with Crippen molar-refractivity contribution in [2.45, 2.75) is 6.92 Å². The molecule has 100 valence electrons. The number of carbonyl (C=O) groups excluding carboxylic acids is 2. The normalized spacial score (nSPS) is 13.8. The maximum absolute atomic E-state index is 12.4. The first-order valence-electron chi connectivity index (χ1n) is 5.79. The monoisotopic (exact) mass is 394 g/mol. The molecule has 0 saturated heterocycles. The second-order valence-electron chi connectivity index (χ2n) is 4.43. The molecule has 2 heterocycles. The molecule has 20 heavy (non-hydrogen) atoms. The summed E-state index contributed by atoms with van der Waals surface area (Å²) in [6.07, 6.45) is 1.59. The maximum atomic E-state index is 12.4. The largest absolute Gasteiger partial charge is 0.268 e. The number of nitrogens with zero attached hydrogens (tertiary/aromatic N) is 2. The van der Waals surface area contributed by atoms with Gasteiger partial charge in [0.25, 0.3) is 11.8 Å². The summed E-state index contributed by atoms with van der Waals surface area (Å²) in [5.41, 5.74) is 1.71. The number of anilines is 1. The van der Waals surface area contributed by atoms with E-state index >= 15 is 0 Å². The van der Waals surface area contributed by atoms with E-state index in [0.717, 1.165) is 19.4 Å². The Morgan fingerprint density at radius 1 is 1.05 bits per heavy atom. The van der Waals surface area contributed by atoms with E-state index in [0.29, 0.717) is 16.9 Å². The van der Waals surface area contributed by atoms with Crippen molar-refractivity contribution in [1.29, 1.82) is 0 Å². The molecule has 0 aliphatic carbocycles. The van der Waals surface area contributed by atoms with Crippen LogP contribution in [0.2, 0.25) is 0 Å². The molecule has 0 fully saturated rings. The van der Waals surface area contributed by atoms with Crippen molar-refractivity contribution < 1.29 is 9.59 Å². The summed E-state index contributed by atoms with van der Waals surface area (Å²) in [5, 5.41) is 0. The van der Waals surface area contributed by atoms with E-state index in [1.807, 2.05) is 6.92 Å². The summed E-state index contributed by atoms with van der Waals surface area (Å²) in [5.74, 6) is -0.347. The summed E-state index contributed by atoms with van der Waals surface area (Å²) < 4.78 is 1.60. The number of halogens is 2. The van der Waals surface area contributed by atoms with Crippen LogP contribution in [-0.2, 0) is 0 Å². The lowest BCUT2D eigenvalue weighted by Crippen LogP contribution is -2.30. The van der Waals surface area contributed by atoms with Gasteiger partial charge in [0.15, 0.2) is 0 Å². The second-order valence-corrected chi connectivity index (χ2v) is 6.20. The van der Waals surface area contributed by atoms with Crippen LogP contribution in [-0.4, -0.2) is 16.8 Å². The molecule has 0 saturated carbocycles. The van der Waals surface area contributed by atoms with Gasteiger partial charge in [-0.05, 0) is 52.7 Å². The number of aryl methyl sites for hydroxylation is 1. The van der Waals surface area contributed by atoms with Crippen LogP contribution in [0.15, 0.2) is 39.4 Å². The Bertz CT molecular complexity index is 759. The first kappa shape index (κ1) is 13.5. The van der Waals surface area contributed by atoms with Gasteiger partial charge in [-0.3, -0.25) is 9.59 Å². The average Bonchev–Trinajstić information content (AvgIpc) is 2.65. The van der Waals surface area contributed by atoms with Crippen LogP contribution in [0, 0.1) is 6.92 Å². The third-order valence-electron chi connectivity index (χ3n) is 3.11. The van der Waals surface area contributed by atoms with Gasteiger partial charge in [-0.2, -0.15) is 0 Å². The third-order valence-corrected chi connectivity index (χ3v) is 4.43. The van der Waals surface area contributed by atoms with Gasteiger partial charge in [0.1, 0.15) is 5.82 Å². The molecule has 4 nitrogen and oxygen atoms in total. The smallest absolute Gasteiger partial charge is 0.267 e. The van der Waals surface area contributed by atoms with Gasteiger partial charge in [0.2, 0.25) is 0 Å². The van der Waals surface area contributed by atoms with Crippen LogP contribution >= 0.6 is 31.9 Å². The van der Waals surface area contributed by atoms with Crippen LogP contribution < -0.4 is 4.90 Å². The molecule has 0 radical (unpaired) electrons. The van der Waals surface area contributed by atoms with Crippen LogP contribution in [0.1, 0.15) is 26.3 Å². The van der Waals surface area contributed by atoms with Crippen molar-refractivity contribution in [2.24, 2.45) is 0 Å². The van der Waals surface area contributed by atoms with E-state index in [1.54, 1.807) is 30.5 Å². The fraction of sp³-hybridized carbons (Fsp3) is 0.0714. The van der Waals surface area contributed by atoms with Gasteiger partial charge >= 0.3 is 0 Å². The van der Waals surface area contributed by atoms with Gasteiger partial charge in [0, 0.05) is 15.1 Å².